The van der Waals surface area contributed by atoms with Gasteiger partial charge in [0.25, 0.3) is 0 Å². The fraction of sp³-hybridized carbons (Fsp3) is 0.333. The lowest BCUT2D eigenvalue weighted by atomic mass is 10.0. The van der Waals surface area contributed by atoms with Crippen molar-refractivity contribution in [2.45, 2.75) is 31.5 Å². The Hall–Kier alpha value is -3.17. The second kappa shape index (κ2) is 7.82. The zero-order valence-electron chi connectivity index (χ0n) is 16.2. The van der Waals surface area contributed by atoms with Crippen molar-refractivity contribution in [2.75, 3.05) is 28.2 Å². The number of amides is 2. The van der Waals surface area contributed by atoms with Gasteiger partial charge in [-0.1, -0.05) is 12.1 Å². The quantitative estimate of drug-likeness (QED) is 0.720. The molecule has 0 bridgehead atoms. The summed E-state index contributed by atoms with van der Waals surface area (Å²) >= 11 is 0. The van der Waals surface area contributed by atoms with Crippen LogP contribution in [-0.4, -0.2) is 37.1 Å². The largest absolute Gasteiger partial charge is 0.409 e. The van der Waals surface area contributed by atoms with Gasteiger partial charge in [-0.3, -0.25) is 14.5 Å². The highest BCUT2D eigenvalue weighted by atomic mass is 19.4. The molecule has 2 aromatic carbocycles. The second-order valence-electron chi connectivity index (χ2n) is 7.51. The molecule has 2 aliphatic heterocycles. The number of alkyl halides is 3. The zero-order chi connectivity index (χ0) is 22.3. The Morgan fingerprint density at radius 2 is 1.90 bits per heavy atom. The third-order valence-electron chi connectivity index (χ3n) is 5.40. The average molecular weight is 439 g/mol. The standard InChI is InChI=1S/C21H18F5N3O2/c22-13-8-12-4-3-7-28(20(12)14(23)9-13)11-19(31)29-16-6-2-1-5-15(16)27-18(30)10-17(29)21(24,25)26/h1-2,5-6,8-9,17H,3-4,7,10-11H2,(H,27,30). The number of hydrogen-bond acceptors (Lipinski definition) is 3. The van der Waals surface area contributed by atoms with E-state index in [1.165, 1.54) is 29.2 Å². The minimum atomic E-state index is -4.86. The molecule has 2 heterocycles. The second-order valence-corrected chi connectivity index (χ2v) is 7.51. The Bertz CT molecular complexity index is 1040. The van der Waals surface area contributed by atoms with Crippen LogP contribution in [-0.2, 0) is 16.0 Å². The number of aryl methyl sites for hydroxylation is 1. The fourth-order valence-electron chi connectivity index (χ4n) is 4.13. The molecular formula is C21H18F5N3O2. The van der Waals surface area contributed by atoms with Gasteiger partial charge in [0.05, 0.1) is 30.0 Å². The topological polar surface area (TPSA) is 52.7 Å². The molecule has 1 atom stereocenters. The molecule has 0 aliphatic carbocycles. The molecule has 0 aromatic heterocycles. The van der Waals surface area contributed by atoms with Crippen LogP contribution in [0.15, 0.2) is 36.4 Å². The molecule has 2 aromatic rings. The van der Waals surface area contributed by atoms with Gasteiger partial charge in [-0.05, 0) is 36.6 Å². The molecule has 10 heteroatoms. The summed E-state index contributed by atoms with van der Waals surface area (Å²) in [6.07, 6.45) is -4.94. The molecule has 1 unspecified atom stereocenters. The highest BCUT2D eigenvalue weighted by molar-refractivity contribution is 6.05. The summed E-state index contributed by atoms with van der Waals surface area (Å²) in [4.78, 5) is 27.1. The lowest BCUT2D eigenvalue weighted by molar-refractivity contribution is -0.157. The molecule has 2 amide bonds. The molecule has 4 rings (SSSR count). The van der Waals surface area contributed by atoms with E-state index >= 15 is 0 Å². The Morgan fingerprint density at radius 3 is 2.65 bits per heavy atom. The van der Waals surface area contributed by atoms with Crippen LogP contribution in [0, 0.1) is 11.6 Å². The van der Waals surface area contributed by atoms with Gasteiger partial charge in [-0.25, -0.2) is 8.78 Å². The minimum absolute atomic E-state index is 0.0156. The number of carbonyl (C=O) groups is 2. The first kappa shape index (κ1) is 21.1. The van der Waals surface area contributed by atoms with Crippen LogP contribution in [0.3, 0.4) is 0 Å². The van der Waals surface area contributed by atoms with Crippen LogP contribution in [0.1, 0.15) is 18.4 Å². The maximum absolute atomic E-state index is 14.5. The van der Waals surface area contributed by atoms with Gasteiger partial charge >= 0.3 is 6.18 Å². The van der Waals surface area contributed by atoms with E-state index in [9.17, 15) is 31.5 Å². The van der Waals surface area contributed by atoms with Gasteiger partial charge in [-0.15, -0.1) is 0 Å². The number of anilines is 3. The monoisotopic (exact) mass is 439 g/mol. The first-order valence-electron chi connectivity index (χ1n) is 9.65. The summed E-state index contributed by atoms with van der Waals surface area (Å²) in [5.41, 5.74) is 0.372. The zero-order valence-corrected chi connectivity index (χ0v) is 16.2. The molecule has 1 N–H and O–H groups in total. The maximum atomic E-state index is 14.5. The Kier molecular flexibility index (Phi) is 5.32. The predicted molar refractivity (Wildman–Crippen MR) is 104 cm³/mol. The van der Waals surface area contributed by atoms with Crippen molar-refractivity contribution in [1.82, 2.24) is 0 Å². The number of fused-ring (bicyclic) bond motifs is 2. The maximum Gasteiger partial charge on any atom is 0.409 e. The van der Waals surface area contributed by atoms with Crippen molar-refractivity contribution in [2.24, 2.45) is 0 Å². The number of hydrogen-bond donors (Lipinski definition) is 1. The van der Waals surface area contributed by atoms with E-state index in [2.05, 4.69) is 5.32 Å². The van der Waals surface area contributed by atoms with E-state index in [1.54, 1.807) is 0 Å². The van der Waals surface area contributed by atoms with Crippen LogP contribution in [0.4, 0.5) is 39.0 Å². The minimum Gasteiger partial charge on any atom is -0.360 e. The normalized spacial score (nSPS) is 18.7. The van der Waals surface area contributed by atoms with Crippen LogP contribution in [0.5, 0.6) is 0 Å². The van der Waals surface area contributed by atoms with E-state index in [4.69, 9.17) is 0 Å². The average Bonchev–Trinajstić information content (AvgIpc) is 2.83. The summed E-state index contributed by atoms with van der Waals surface area (Å²) in [6, 6.07) is 5.19. The first-order valence-corrected chi connectivity index (χ1v) is 9.65. The van der Waals surface area contributed by atoms with Gasteiger partial charge in [-0.2, -0.15) is 13.2 Å². The Labute approximate surface area is 174 Å². The van der Waals surface area contributed by atoms with Crippen molar-refractivity contribution in [3.05, 3.63) is 53.6 Å². The van der Waals surface area contributed by atoms with Gasteiger partial charge in [0.15, 0.2) is 0 Å². The molecular weight excluding hydrogens is 421 g/mol. The molecule has 31 heavy (non-hydrogen) atoms. The van der Waals surface area contributed by atoms with Crippen molar-refractivity contribution >= 4 is 28.9 Å². The fourth-order valence-corrected chi connectivity index (χ4v) is 4.13. The molecule has 164 valence electrons. The van der Waals surface area contributed by atoms with Crippen LogP contribution < -0.4 is 15.1 Å². The van der Waals surface area contributed by atoms with Crippen molar-refractivity contribution in [3.8, 4) is 0 Å². The van der Waals surface area contributed by atoms with Crippen LogP contribution in [0.25, 0.3) is 0 Å². The summed E-state index contributed by atoms with van der Waals surface area (Å²) in [7, 11) is 0. The van der Waals surface area contributed by atoms with Gasteiger partial charge < -0.3 is 10.2 Å². The number of nitrogens with zero attached hydrogens (tertiary/aromatic N) is 2. The summed E-state index contributed by atoms with van der Waals surface area (Å²) in [5.74, 6) is -3.44. The molecule has 0 fully saturated rings. The SMILES string of the molecule is O=C1CC(C(F)(F)F)N(C(=O)CN2CCCc3cc(F)cc(F)c32)c2ccccc2N1. The Balaban J connectivity index is 1.72. The number of halogens is 5. The van der Waals surface area contributed by atoms with Gasteiger partial charge in [0, 0.05) is 12.6 Å². The lowest BCUT2D eigenvalue weighted by Gasteiger charge is -2.36. The summed E-state index contributed by atoms with van der Waals surface area (Å²) in [6.45, 7) is -0.324. The van der Waals surface area contributed by atoms with E-state index in [1.807, 2.05) is 0 Å². The van der Waals surface area contributed by atoms with Gasteiger partial charge in [0.1, 0.15) is 17.7 Å². The highest BCUT2D eigenvalue weighted by Gasteiger charge is 2.49. The third-order valence-corrected chi connectivity index (χ3v) is 5.40. The van der Waals surface area contributed by atoms with Crippen LogP contribution in [0.2, 0.25) is 0 Å². The van der Waals surface area contributed by atoms with Crippen molar-refractivity contribution in [3.63, 3.8) is 0 Å². The van der Waals surface area contributed by atoms with E-state index in [-0.39, 0.29) is 23.6 Å². The summed E-state index contributed by atoms with van der Waals surface area (Å²) in [5, 5.41) is 2.40. The van der Waals surface area contributed by atoms with Crippen molar-refractivity contribution < 1.29 is 31.5 Å². The molecule has 5 nitrogen and oxygen atoms in total. The third kappa shape index (κ3) is 4.06. The number of para-hydroxylation sites is 2. The van der Waals surface area contributed by atoms with Crippen molar-refractivity contribution in [1.29, 1.82) is 0 Å². The first-order chi connectivity index (χ1) is 14.6. The number of benzene rings is 2. The lowest BCUT2D eigenvalue weighted by Crippen LogP contribution is -2.53. The Morgan fingerprint density at radius 1 is 1.16 bits per heavy atom. The molecule has 0 radical (unpaired) electrons. The predicted octanol–water partition coefficient (Wildman–Crippen LogP) is 4.02. The summed E-state index contributed by atoms with van der Waals surface area (Å²) < 4.78 is 69.5. The van der Waals surface area contributed by atoms with Crippen LogP contribution >= 0.6 is 0 Å². The number of carbonyl (C=O) groups excluding carboxylic acids is 2. The van der Waals surface area contributed by atoms with Gasteiger partial charge in [0.2, 0.25) is 11.8 Å². The number of rotatable bonds is 2. The van der Waals surface area contributed by atoms with E-state index in [0.717, 1.165) is 6.07 Å². The highest BCUT2D eigenvalue weighted by Crippen LogP contribution is 2.38. The molecule has 0 saturated carbocycles. The molecule has 0 saturated heterocycles. The van der Waals surface area contributed by atoms with E-state index in [0.29, 0.717) is 29.4 Å². The number of nitrogens with one attached hydrogen (secondary N) is 1. The molecule has 0 spiro atoms. The molecule has 2 aliphatic rings. The van der Waals surface area contributed by atoms with E-state index < -0.39 is 48.6 Å². The smallest absolute Gasteiger partial charge is 0.360 e.